The van der Waals surface area contributed by atoms with E-state index in [4.69, 9.17) is 10.2 Å². The van der Waals surface area contributed by atoms with Crippen LogP contribution in [0.3, 0.4) is 0 Å². The molecule has 3 heteroatoms. The van der Waals surface area contributed by atoms with E-state index in [1.54, 1.807) is 48.6 Å². The van der Waals surface area contributed by atoms with Gasteiger partial charge in [0.15, 0.2) is 0 Å². The van der Waals surface area contributed by atoms with Crippen molar-refractivity contribution in [1.29, 1.82) is 0 Å². The highest BCUT2D eigenvalue weighted by molar-refractivity contribution is 5.80. The molecule has 2 rings (SSSR count). The molecular weight excluding hydrogens is 216 g/mol. The van der Waals surface area contributed by atoms with Gasteiger partial charge in [-0.3, -0.25) is 4.79 Å². The average molecular weight is 228 g/mol. The highest BCUT2D eigenvalue weighted by Crippen LogP contribution is 2.22. The molecule has 0 bridgehead atoms. The molecule has 86 valence electrons. The van der Waals surface area contributed by atoms with Gasteiger partial charge in [0.2, 0.25) is 0 Å². The zero-order valence-corrected chi connectivity index (χ0v) is 9.08. The first-order valence-electron chi connectivity index (χ1n) is 5.25. The lowest BCUT2D eigenvalue weighted by atomic mass is 9.93. The summed E-state index contributed by atoms with van der Waals surface area (Å²) in [4.78, 5) is 11.0. The molecule has 3 nitrogen and oxygen atoms in total. The highest BCUT2D eigenvalue weighted by atomic mass is 16.4. The largest absolute Gasteiger partial charge is 0.508 e. The Bertz CT molecular complexity index is 507. The predicted molar refractivity (Wildman–Crippen MR) is 65.5 cm³/mol. The third kappa shape index (κ3) is 2.64. The van der Waals surface area contributed by atoms with E-state index < -0.39 is 11.9 Å². The van der Waals surface area contributed by atoms with E-state index in [1.807, 2.05) is 6.08 Å². The summed E-state index contributed by atoms with van der Waals surface area (Å²) in [6, 6.07) is 6.63. The number of allylic oxidation sites excluding steroid dienone is 3. The molecule has 2 N–H and O–H groups in total. The van der Waals surface area contributed by atoms with Crippen molar-refractivity contribution in [3.8, 4) is 5.75 Å². The zero-order chi connectivity index (χ0) is 12.3. The average Bonchev–Trinajstić information content (AvgIpc) is 2.32. The van der Waals surface area contributed by atoms with Gasteiger partial charge in [0.05, 0.1) is 0 Å². The number of hydrogen-bond donors (Lipinski definition) is 2. The molecule has 1 aliphatic rings. The Hall–Kier alpha value is -2.29. The third-order valence-electron chi connectivity index (χ3n) is 2.55. The van der Waals surface area contributed by atoms with Gasteiger partial charge in [-0.05, 0) is 23.3 Å². The van der Waals surface area contributed by atoms with Crippen LogP contribution in [0.1, 0.15) is 5.56 Å². The number of carboxylic acid groups (broad SMARTS) is 1. The SMILES string of the molecule is O=C(O)C1C=CC=CC1=Cc1ccc(O)cc1. The summed E-state index contributed by atoms with van der Waals surface area (Å²) in [7, 11) is 0. The number of aliphatic carboxylic acids is 1. The summed E-state index contributed by atoms with van der Waals surface area (Å²) in [5, 5.41) is 18.2. The lowest BCUT2D eigenvalue weighted by Gasteiger charge is -2.12. The fourth-order valence-electron chi connectivity index (χ4n) is 1.68. The number of aromatic hydroxyl groups is 1. The van der Waals surface area contributed by atoms with Crippen molar-refractivity contribution >= 4 is 12.0 Å². The van der Waals surface area contributed by atoms with Crippen LogP contribution in [0.2, 0.25) is 0 Å². The molecule has 0 heterocycles. The van der Waals surface area contributed by atoms with E-state index in [1.165, 1.54) is 0 Å². The molecule has 17 heavy (non-hydrogen) atoms. The fourth-order valence-corrected chi connectivity index (χ4v) is 1.68. The van der Waals surface area contributed by atoms with Crippen LogP contribution in [0, 0.1) is 5.92 Å². The number of phenolic OH excluding ortho intramolecular Hbond substituents is 1. The Labute approximate surface area is 99.0 Å². The zero-order valence-electron chi connectivity index (χ0n) is 9.08. The highest BCUT2D eigenvalue weighted by Gasteiger charge is 2.18. The predicted octanol–water partition coefficient (Wildman–Crippen LogP) is 2.60. The Morgan fingerprint density at radius 3 is 2.53 bits per heavy atom. The van der Waals surface area contributed by atoms with Crippen LogP contribution in [0.25, 0.3) is 6.08 Å². The molecule has 0 saturated heterocycles. The van der Waals surface area contributed by atoms with Crippen molar-refractivity contribution in [2.24, 2.45) is 5.92 Å². The minimum atomic E-state index is -0.865. The summed E-state index contributed by atoms with van der Waals surface area (Å²) < 4.78 is 0. The van der Waals surface area contributed by atoms with Gasteiger partial charge in [0.25, 0.3) is 0 Å². The maximum Gasteiger partial charge on any atom is 0.314 e. The molecule has 0 spiro atoms. The Morgan fingerprint density at radius 2 is 1.88 bits per heavy atom. The standard InChI is InChI=1S/C14H12O3/c15-12-7-5-10(6-8-12)9-11-3-1-2-4-13(11)14(16)17/h1-9,13,15H,(H,16,17). The van der Waals surface area contributed by atoms with Gasteiger partial charge in [-0.2, -0.15) is 0 Å². The molecule has 1 aromatic carbocycles. The van der Waals surface area contributed by atoms with Gasteiger partial charge in [0.1, 0.15) is 11.7 Å². The molecule has 1 atom stereocenters. The summed E-state index contributed by atoms with van der Waals surface area (Å²) in [5.74, 6) is -1.27. The van der Waals surface area contributed by atoms with Crippen LogP contribution in [0.5, 0.6) is 5.75 Å². The first kappa shape index (κ1) is 11.2. The van der Waals surface area contributed by atoms with Crippen LogP contribution in [-0.4, -0.2) is 16.2 Å². The first-order valence-corrected chi connectivity index (χ1v) is 5.25. The topological polar surface area (TPSA) is 57.5 Å². The van der Waals surface area contributed by atoms with Crippen LogP contribution in [0.15, 0.2) is 54.1 Å². The van der Waals surface area contributed by atoms with Crippen molar-refractivity contribution in [1.82, 2.24) is 0 Å². The van der Waals surface area contributed by atoms with Gasteiger partial charge >= 0.3 is 5.97 Å². The van der Waals surface area contributed by atoms with E-state index >= 15 is 0 Å². The fraction of sp³-hybridized carbons (Fsp3) is 0.0714. The minimum absolute atomic E-state index is 0.195. The molecule has 0 amide bonds. The molecule has 0 aliphatic heterocycles. The van der Waals surface area contributed by atoms with Crippen molar-refractivity contribution in [2.75, 3.05) is 0 Å². The quantitative estimate of drug-likeness (QED) is 0.818. The molecule has 1 aliphatic carbocycles. The second-order valence-electron chi connectivity index (χ2n) is 3.80. The summed E-state index contributed by atoms with van der Waals surface area (Å²) >= 11 is 0. The van der Waals surface area contributed by atoms with Crippen LogP contribution in [-0.2, 0) is 4.79 Å². The Kier molecular flexibility index (Phi) is 3.10. The van der Waals surface area contributed by atoms with E-state index in [2.05, 4.69) is 0 Å². The summed E-state index contributed by atoms with van der Waals surface area (Å²) in [6.07, 6.45) is 8.77. The lowest BCUT2D eigenvalue weighted by molar-refractivity contribution is -0.138. The first-order chi connectivity index (χ1) is 8.16. The van der Waals surface area contributed by atoms with Crippen molar-refractivity contribution in [3.63, 3.8) is 0 Å². The number of carbonyl (C=O) groups is 1. The number of hydrogen-bond acceptors (Lipinski definition) is 2. The van der Waals surface area contributed by atoms with E-state index in [-0.39, 0.29) is 5.75 Å². The monoisotopic (exact) mass is 228 g/mol. The number of rotatable bonds is 2. The number of phenols is 1. The van der Waals surface area contributed by atoms with Gasteiger partial charge in [-0.1, -0.05) is 42.5 Å². The Morgan fingerprint density at radius 1 is 1.18 bits per heavy atom. The lowest BCUT2D eigenvalue weighted by Crippen LogP contribution is -2.13. The molecule has 1 unspecified atom stereocenters. The maximum absolute atomic E-state index is 11.0. The second kappa shape index (κ2) is 4.70. The van der Waals surface area contributed by atoms with Crippen molar-refractivity contribution in [2.45, 2.75) is 0 Å². The maximum atomic E-state index is 11.0. The molecule has 0 fully saturated rings. The van der Waals surface area contributed by atoms with Gasteiger partial charge in [-0.15, -0.1) is 0 Å². The van der Waals surface area contributed by atoms with Crippen LogP contribution >= 0.6 is 0 Å². The summed E-state index contributed by atoms with van der Waals surface area (Å²) in [5.41, 5.74) is 1.59. The van der Waals surface area contributed by atoms with Gasteiger partial charge in [-0.25, -0.2) is 0 Å². The van der Waals surface area contributed by atoms with E-state index in [0.29, 0.717) is 0 Å². The normalized spacial score (nSPS) is 20.7. The van der Waals surface area contributed by atoms with Gasteiger partial charge < -0.3 is 10.2 Å². The van der Waals surface area contributed by atoms with E-state index in [0.717, 1.165) is 11.1 Å². The summed E-state index contributed by atoms with van der Waals surface area (Å²) in [6.45, 7) is 0. The minimum Gasteiger partial charge on any atom is -0.508 e. The molecular formula is C14H12O3. The second-order valence-corrected chi connectivity index (χ2v) is 3.80. The van der Waals surface area contributed by atoms with Gasteiger partial charge in [0, 0.05) is 0 Å². The van der Waals surface area contributed by atoms with Crippen molar-refractivity contribution in [3.05, 3.63) is 59.7 Å². The molecule has 0 radical (unpaired) electrons. The van der Waals surface area contributed by atoms with Crippen LogP contribution in [0.4, 0.5) is 0 Å². The number of benzene rings is 1. The van der Waals surface area contributed by atoms with Crippen molar-refractivity contribution < 1.29 is 15.0 Å². The molecule has 1 aromatic rings. The Balaban J connectivity index is 2.31. The number of carboxylic acids is 1. The van der Waals surface area contributed by atoms with E-state index in [9.17, 15) is 4.79 Å². The smallest absolute Gasteiger partial charge is 0.314 e. The molecule has 0 saturated carbocycles. The third-order valence-corrected chi connectivity index (χ3v) is 2.55. The van der Waals surface area contributed by atoms with Crippen LogP contribution < -0.4 is 0 Å². The molecule has 0 aromatic heterocycles.